The molecule has 0 radical (unpaired) electrons. The number of amides is 1. The van der Waals surface area contributed by atoms with Crippen molar-refractivity contribution in [1.82, 2.24) is 9.88 Å². The molecule has 1 amide bonds. The Morgan fingerprint density at radius 1 is 1.28 bits per heavy atom. The highest BCUT2D eigenvalue weighted by molar-refractivity contribution is 7.97. The average molecular weight is 372 g/mol. The Hall–Kier alpha value is -1.95. The van der Waals surface area contributed by atoms with Crippen molar-refractivity contribution in [1.29, 1.82) is 0 Å². The third-order valence-corrected chi connectivity index (χ3v) is 5.63. The number of halogens is 1. The van der Waals surface area contributed by atoms with Crippen LogP contribution in [0.15, 0.2) is 47.4 Å². The summed E-state index contributed by atoms with van der Waals surface area (Å²) in [5, 5.41) is 10.5. The van der Waals surface area contributed by atoms with E-state index in [-0.39, 0.29) is 11.9 Å². The van der Waals surface area contributed by atoms with E-state index >= 15 is 0 Å². The van der Waals surface area contributed by atoms with Crippen LogP contribution in [0.4, 0.5) is 0 Å². The van der Waals surface area contributed by atoms with Gasteiger partial charge in [-0.15, -0.1) is 0 Å². The lowest BCUT2D eigenvalue weighted by atomic mass is 10.1. The van der Waals surface area contributed by atoms with E-state index in [1.54, 1.807) is 0 Å². The number of fused-ring (bicyclic) bond motifs is 2. The van der Waals surface area contributed by atoms with Crippen molar-refractivity contribution in [2.75, 3.05) is 0 Å². The SMILES string of the molecule is Cn1c(C(=O)NC2CCc3cc(SN)ccc32)cc2ccc(Cl)cc21. The molecule has 1 heterocycles. The number of nitrogens with one attached hydrogen (secondary N) is 1. The van der Waals surface area contributed by atoms with Gasteiger partial charge in [0.25, 0.3) is 5.91 Å². The highest BCUT2D eigenvalue weighted by Gasteiger charge is 2.25. The van der Waals surface area contributed by atoms with E-state index in [1.807, 2.05) is 41.9 Å². The van der Waals surface area contributed by atoms with E-state index in [1.165, 1.54) is 23.1 Å². The van der Waals surface area contributed by atoms with Crippen LogP contribution in [0, 0.1) is 0 Å². The van der Waals surface area contributed by atoms with Crippen molar-refractivity contribution >= 4 is 40.4 Å². The monoisotopic (exact) mass is 371 g/mol. The molecule has 1 aromatic heterocycles. The van der Waals surface area contributed by atoms with Gasteiger partial charge in [-0.1, -0.05) is 23.7 Å². The van der Waals surface area contributed by atoms with Crippen LogP contribution in [0.5, 0.6) is 0 Å². The van der Waals surface area contributed by atoms with E-state index in [4.69, 9.17) is 16.7 Å². The summed E-state index contributed by atoms with van der Waals surface area (Å²) in [5.74, 6) is -0.0649. The molecule has 128 valence electrons. The summed E-state index contributed by atoms with van der Waals surface area (Å²) >= 11 is 7.32. The maximum Gasteiger partial charge on any atom is 0.268 e. The Balaban J connectivity index is 1.61. The highest BCUT2D eigenvalue weighted by Crippen LogP contribution is 2.33. The summed E-state index contributed by atoms with van der Waals surface area (Å²) in [6, 6.07) is 13.8. The molecule has 0 saturated carbocycles. The molecule has 4 nitrogen and oxygen atoms in total. The Bertz CT molecular complexity index is 982. The quantitative estimate of drug-likeness (QED) is 0.678. The lowest BCUT2D eigenvalue weighted by Gasteiger charge is -2.15. The van der Waals surface area contributed by atoms with Gasteiger partial charge in [-0.05, 0) is 66.2 Å². The van der Waals surface area contributed by atoms with Crippen LogP contribution < -0.4 is 10.5 Å². The molecule has 0 bridgehead atoms. The van der Waals surface area contributed by atoms with Crippen molar-refractivity contribution < 1.29 is 4.79 Å². The lowest BCUT2D eigenvalue weighted by Crippen LogP contribution is -2.28. The summed E-state index contributed by atoms with van der Waals surface area (Å²) in [6.45, 7) is 0. The van der Waals surface area contributed by atoms with Crippen molar-refractivity contribution in [3.8, 4) is 0 Å². The normalized spacial score (nSPS) is 16.2. The first-order valence-electron chi connectivity index (χ1n) is 8.12. The molecule has 1 atom stereocenters. The summed E-state index contributed by atoms with van der Waals surface area (Å²) in [4.78, 5) is 13.9. The minimum atomic E-state index is -0.0649. The smallest absolute Gasteiger partial charge is 0.268 e. The number of nitrogens with two attached hydrogens (primary N) is 1. The third kappa shape index (κ3) is 2.92. The number of carbonyl (C=O) groups is 1. The predicted molar refractivity (Wildman–Crippen MR) is 103 cm³/mol. The first kappa shape index (κ1) is 16.5. The van der Waals surface area contributed by atoms with Gasteiger partial charge in [0.15, 0.2) is 0 Å². The van der Waals surface area contributed by atoms with Gasteiger partial charge in [0.1, 0.15) is 5.69 Å². The summed E-state index contributed by atoms with van der Waals surface area (Å²) in [6.07, 6.45) is 1.87. The zero-order chi connectivity index (χ0) is 17.6. The van der Waals surface area contributed by atoms with Crippen molar-refractivity contribution in [2.45, 2.75) is 23.8 Å². The highest BCUT2D eigenvalue weighted by atomic mass is 35.5. The van der Waals surface area contributed by atoms with Gasteiger partial charge < -0.3 is 9.88 Å². The van der Waals surface area contributed by atoms with Gasteiger partial charge in [0.05, 0.1) is 6.04 Å². The number of nitrogens with zero attached hydrogens (tertiary/aromatic N) is 1. The molecule has 3 aromatic rings. The van der Waals surface area contributed by atoms with Crippen LogP contribution in [-0.2, 0) is 13.5 Å². The summed E-state index contributed by atoms with van der Waals surface area (Å²) in [7, 11) is 1.89. The zero-order valence-corrected chi connectivity index (χ0v) is 15.3. The number of carbonyl (C=O) groups excluding carboxylic acids is 1. The molecular weight excluding hydrogens is 354 g/mol. The van der Waals surface area contributed by atoms with E-state index in [0.717, 1.165) is 28.6 Å². The molecule has 0 fully saturated rings. The summed E-state index contributed by atoms with van der Waals surface area (Å²) in [5.41, 5.74) is 4.05. The fourth-order valence-corrected chi connectivity index (χ4v) is 4.09. The van der Waals surface area contributed by atoms with Crippen LogP contribution >= 0.6 is 23.5 Å². The lowest BCUT2D eigenvalue weighted by molar-refractivity contribution is 0.0929. The van der Waals surface area contributed by atoms with Crippen molar-refractivity contribution in [3.05, 3.63) is 64.3 Å². The topological polar surface area (TPSA) is 60.0 Å². The second-order valence-electron chi connectivity index (χ2n) is 6.33. The number of rotatable bonds is 3. The van der Waals surface area contributed by atoms with Crippen LogP contribution in [-0.4, -0.2) is 10.5 Å². The molecule has 6 heteroatoms. The number of hydrogen-bond acceptors (Lipinski definition) is 3. The van der Waals surface area contributed by atoms with Crippen LogP contribution in [0.25, 0.3) is 10.9 Å². The van der Waals surface area contributed by atoms with E-state index in [0.29, 0.717) is 10.7 Å². The predicted octanol–water partition coefficient (Wildman–Crippen LogP) is 4.21. The molecule has 1 aliphatic rings. The van der Waals surface area contributed by atoms with E-state index < -0.39 is 0 Å². The summed E-state index contributed by atoms with van der Waals surface area (Å²) < 4.78 is 1.89. The van der Waals surface area contributed by atoms with E-state index in [2.05, 4.69) is 17.4 Å². The number of aryl methyl sites for hydroxylation is 2. The number of aromatic nitrogens is 1. The molecule has 0 spiro atoms. The standard InChI is InChI=1S/C19H18ClN3OS/c1-23-17-10-13(20)4-2-12(17)9-18(23)19(24)22-16-7-3-11-8-14(25-21)5-6-15(11)16/h2,4-6,8-10,16H,3,7,21H2,1H3,(H,22,24). The maximum atomic E-state index is 12.8. The largest absolute Gasteiger partial charge is 0.344 e. The number of benzene rings is 2. The molecule has 1 aliphatic carbocycles. The van der Waals surface area contributed by atoms with Crippen LogP contribution in [0.1, 0.15) is 34.1 Å². The molecule has 3 N–H and O–H groups in total. The second-order valence-corrected chi connectivity index (χ2v) is 7.48. The average Bonchev–Trinajstić information content (AvgIpc) is 3.16. The Morgan fingerprint density at radius 3 is 2.92 bits per heavy atom. The van der Waals surface area contributed by atoms with Crippen LogP contribution in [0.2, 0.25) is 5.02 Å². The first-order chi connectivity index (χ1) is 12.1. The molecule has 2 aromatic carbocycles. The minimum absolute atomic E-state index is 0.0425. The third-order valence-electron chi connectivity index (χ3n) is 4.87. The molecule has 0 saturated heterocycles. The Morgan fingerprint density at radius 2 is 2.12 bits per heavy atom. The fraction of sp³-hybridized carbons (Fsp3) is 0.211. The Kier molecular flexibility index (Phi) is 4.23. The maximum absolute atomic E-state index is 12.8. The van der Waals surface area contributed by atoms with Gasteiger partial charge >= 0.3 is 0 Å². The van der Waals surface area contributed by atoms with E-state index in [9.17, 15) is 4.79 Å². The molecular formula is C19H18ClN3OS. The van der Waals surface area contributed by atoms with Crippen molar-refractivity contribution in [2.24, 2.45) is 12.2 Å². The van der Waals surface area contributed by atoms with Gasteiger partial charge in [-0.25, -0.2) is 0 Å². The Labute approximate surface area is 155 Å². The van der Waals surface area contributed by atoms with Gasteiger partial charge in [-0.2, -0.15) is 0 Å². The second kappa shape index (κ2) is 6.41. The zero-order valence-electron chi connectivity index (χ0n) is 13.8. The van der Waals surface area contributed by atoms with Gasteiger partial charge in [0, 0.05) is 27.9 Å². The van der Waals surface area contributed by atoms with Crippen LogP contribution in [0.3, 0.4) is 0 Å². The fourth-order valence-electron chi connectivity index (χ4n) is 3.57. The first-order valence-corrected chi connectivity index (χ1v) is 9.38. The van der Waals surface area contributed by atoms with Crippen molar-refractivity contribution in [3.63, 3.8) is 0 Å². The van der Waals surface area contributed by atoms with Gasteiger partial charge in [-0.3, -0.25) is 9.93 Å². The molecule has 1 unspecified atom stereocenters. The number of hydrogen-bond donors (Lipinski definition) is 2. The minimum Gasteiger partial charge on any atom is -0.344 e. The molecule has 25 heavy (non-hydrogen) atoms. The molecule has 4 rings (SSSR count). The van der Waals surface area contributed by atoms with Gasteiger partial charge in [0.2, 0.25) is 0 Å². The molecule has 0 aliphatic heterocycles.